The standard InChI is InChI=1S/C18H16ClN3O2/c1-10(2)16-20-14-6-4-3-5-12(14)17(22-16)21-15-9-11(18(23)24)7-8-13(15)19/h3-10H,1-2H3,(H,23,24)(H,20,21,22). The van der Waals surface area contributed by atoms with Crippen LogP contribution in [0.4, 0.5) is 11.5 Å². The summed E-state index contributed by atoms with van der Waals surface area (Å²) in [5.41, 5.74) is 1.48. The average molecular weight is 342 g/mol. The SMILES string of the molecule is CC(C)c1nc(Nc2cc(C(=O)O)ccc2Cl)c2ccccc2n1. The van der Waals surface area contributed by atoms with Gasteiger partial charge < -0.3 is 10.4 Å². The predicted molar refractivity (Wildman–Crippen MR) is 95.3 cm³/mol. The summed E-state index contributed by atoms with van der Waals surface area (Å²) in [5, 5.41) is 13.6. The van der Waals surface area contributed by atoms with Crippen molar-refractivity contribution in [3.63, 3.8) is 0 Å². The molecule has 3 rings (SSSR count). The molecule has 3 aromatic rings. The van der Waals surface area contributed by atoms with Gasteiger partial charge in [0.1, 0.15) is 11.6 Å². The summed E-state index contributed by atoms with van der Waals surface area (Å²) >= 11 is 6.21. The number of halogens is 1. The molecular weight excluding hydrogens is 326 g/mol. The Kier molecular flexibility index (Phi) is 4.36. The van der Waals surface area contributed by atoms with Gasteiger partial charge in [-0.3, -0.25) is 0 Å². The van der Waals surface area contributed by atoms with E-state index in [0.717, 1.165) is 10.9 Å². The van der Waals surface area contributed by atoms with Gasteiger partial charge in [-0.1, -0.05) is 37.6 Å². The van der Waals surface area contributed by atoms with Crippen LogP contribution in [0.25, 0.3) is 10.9 Å². The molecule has 0 atom stereocenters. The monoisotopic (exact) mass is 341 g/mol. The summed E-state index contributed by atoms with van der Waals surface area (Å²) in [5.74, 6) is 0.469. The molecule has 24 heavy (non-hydrogen) atoms. The minimum atomic E-state index is -1.01. The number of carbonyl (C=O) groups is 1. The maximum absolute atomic E-state index is 11.2. The van der Waals surface area contributed by atoms with E-state index in [1.807, 2.05) is 38.1 Å². The molecule has 0 amide bonds. The molecule has 1 aromatic heterocycles. The zero-order chi connectivity index (χ0) is 17.3. The molecule has 2 aromatic carbocycles. The molecule has 5 nitrogen and oxygen atoms in total. The molecule has 2 N–H and O–H groups in total. The number of nitrogens with one attached hydrogen (secondary N) is 1. The highest BCUT2D eigenvalue weighted by molar-refractivity contribution is 6.33. The second-order valence-electron chi connectivity index (χ2n) is 5.73. The van der Waals surface area contributed by atoms with Crippen LogP contribution in [-0.2, 0) is 0 Å². The van der Waals surface area contributed by atoms with Crippen molar-refractivity contribution in [1.29, 1.82) is 0 Å². The molecular formula is C18H16ClN3O2. The van der Waals surface area contributed by atoms with Crippen molar-refractivity contribution in [3.8, 4) is 0 Å². The Morgan fingerprint density at radius 2 is 1.92 bits per heavy atom. The van der Waals surface area contributed by atoms with Crippen molar-refractivity contribution in [2.45, 2.75) is 19.8 Å². The lowest BCUT2D eigenvalue weighted by Crippen LogP contribution is -2.04. The largest absolute Gasteiger partial charge is 0.478 e. The quantitative estimate of drug-likeness (QED) is 0.709. The number of aromatic carboxylic acids is 1. The average Bonchev–Trinajstić information content (AvgIpc) is 2.56. The molecule has 6 heteroatoms. The minimum Gasteiger partial charge on any atom is -0.478 e. The van der Waals surface area contributed by atoms with E-state index in [-0.39, 0.29) is 11.5 Å². The Morgan fingerprint density at radius 1 is 1.17 bits per heavy atom. The minimum absolute atomic E-state index is 0.157. The first-order valence-corrected chi connectivity index (χ1v) is 7.90. The first-order chi connectivity index (χ1) is 11.5. The van der Waals surface area contributed by atoms with E-state index in [4.69, 9.17) is 16.7 Å². The van der Waals surface area contributed by atoms with Gasteiger partial charge in [0.25, 0.3) is 0 Å². The highest BCUT2D eigenvalue weighted by atomic mass is 35.5. The van der Waals surface area contributed by atoms with Crippen molar-refractivity contribution in [3.05, 3.63) is 58.9 Å². The maximum Gasteiger partial charge on any atom is 0.335 e. The highest BCUT2D eigenvalue weighted by Gasteiger charge is 2.13. The Hall–Kier alpha value is -2.66. The molecule has 0 aliphatic carbocycles. The van der Waals surface area contributed by atoms with Crippen LogP contribution in [0.1, 0.15) is 35.9 Å². The topological polar surface area (TPSA) is 75.1 Å². The lowest BCUT2D eigenvalue weighted by Gasteiger charge is -2.13. The van der Waals surface area contributed by atoms with Gasteiger partial charge in [0.15, 0.2) is 0 Å². The summed E-state index contributed by atoms with van der Waals surface area (Å²) < 4.78 is 0. The molecule has 0 bridgehead atoms. The maximum atomic E-state index is 11.2. The van der Waals surface area contributed by atoms with Crippen LogP contribution in [0.3, 0.4) is 0 Å². The predicted octanol–water partition coefficient (Wildman–Crippen LogP) is 4.85. The van der Waals surface area contributed by atoms with E-state index < -0.39 is 5.97 Å². The van der Waals surface area contributed by atoms with Crippen LogP contribution < -0.4 is 5.32 Å². The third kappa shape index (κ3) is 3.16. The van der Waals surface area contributed by atoms with Gasteiger partial charge in [-0.2, -0.15) is 0 Å². The first kappa shape index (κ1) is 16.2. The lowest BCUT2D eigenvalue weighted by molar-refractivity contribution is 0.0697. The van der Waals surface area contributed by atoms with Crippen molar-refractivity contribution in [1.82, 2.24) is 9.97 Å². The Morgan fingerprint density at radius 3 is 2.62 bits per heavy atom. The van der Waals surface area contributed by atoms with Gasteiger partial charge in [0, 0.05) is 11.3 Å². The number of fused-ring (bicyclic) bond motifs is 1. The number of hydrogen-bond acceptors (Lipinski definition) is 4. The number of carboxylic acids is 1. The van der Waals surface area contributed by atoms with Gasteiger partial charge in [-0.05, 0) is 30.3 Å². The first-order valence-electron chi connectivity index (χ1n) is 7.52. The zero-order valence-corrected chi connectivity index (χ0v) is 14.0. The summed E-state index contributed by atoms with van der Waals surface area (Å²) in [4.78, 5) is 20.3. The third-order valence-corrected chi connectivity index (χ3v) is 3.93. The van der Waals surface area contributed by atoms with Crippen LogP contribution in [0.2, 0.25) is 5.02 Å². The lowest BCUT2D eigenvalue weighted by atomic mass is 10.1. The van der Waals surface area contributed by atoms with Crippen molar-refractivity contribution in [2.24, 2.45) is 0 Å². The van der Waals surface area contributed by atoms with E-state index >= 15 is 0 Å². The molecule has 0 saturated heterocycles. The van der Waals surface area contributed by atoms with Crippen LogP contribution in [0.15, 0.2) is 42.5 Å². The fourth-order valence-electron chi connectivity index (χ4n) is 2.33. The molecule has 0 saturated carbocycles. The summed E-state index contributed by atoms with van der Waals surface area (Å²) in [6, 6.07) is 12.2. The molecule has 1 heterocycles. The van der Waals surface area contributed by atoms with E-state index in [2.05, 4.69) is 15.3 Å². The fraction of sp³-hybridized carbons (Fsp3) is 0.167. The number of hydrogen-bond donors (Lipinski definition) is 2. The Labute approximate surface area is 144 Å². The van der Waals surface area contributed by atoms with Crippen LogP contribution in [0.5, 0.6) is 0 Å². The third-order valence-electron chi connectivity index (χ3n) is 3.60. The number of rotatable bonds is 4. The number of para-hydroxylation sites is 1. The molecule has 0 unspecified atom stereocenters. The van der Waals surface area contributed by atoms with Crippen molar-refractivity contribution < 1.29 is 9.90 Å². The van der Waals surface area contributed by atoms with Crippen molar-refractivity contribution in [2.75, 3.05) is 5.32 Å². The van der Waals surface area contributed by atoms with Crippen LogP contribution >= 0.6 is 11.6 Å². The molecule has 0 aliphatic rings. The van der Waals surface area contributed by atoms with Crippen LogP contribution in [0, 0.1) is 0 Å². The van der Waals surface area contributed by atoms with Gasteiger partial charge in [-0.25, -0.2) is 14.8 Å². The van der Waals surface area contributed by atoms with Gasteiger partial charge in [0.2, 0.25) is 0 Å². The van der Waals surface area contributed by atoms with E-state index in [1.165, 1.54) is 12.1 Å². The molecule has 122 valence electrons. The summed E-state index contributed by atoms with van der Waals surface area (Å²) in [6.07, 6.45) is 0. The normalized spacial score (nSPS) is 11.0. The molecule has 0 fully saturated rings. The summed E-state index contributed by atoms with van der Waals surface area (Å²) in [6.45, 7) is 4.04. The van der Waals surface area contributed by atoms with E-state index in [9.17, 15) is 4.79 Å². The fourth-order valence-corrected chi connectivity index (χ4v) is 2.49. The number of benzene rings is 2. The second kappa shape index (κ2) is 6.45. The number of carboxylic acid groups (broad SMARTS) is 1. The Bertz CT molecular complexity index is 925. The molecule has 0 aliphatic heterocycles. The number of anilines is 2. The number of aromatic nitrogens is 2. The molecule has 0 spiro atoms. The highest BCUT2D eigenvalue weighted by Crippen LogP contribution is 2.30. The zero-order valence-electron chi connectivity index (χ0n) is 13.2. The van der Waals surface area contributed by atoms with E-state index in [0.29, 0.717) is 22.4 Å². The van der Waals surface area contributed by atoms with Gasteiger partial charge in [0.05, 0.1) is 21.8 Å². The smallest absolute Gasteiger partial charge is 0.335 e. The second-order valence-corrected chi connectivity index (χ2v) is 6.13. The van der Waals surface area contributed by atoms with Crippen molar-refractivity contribution >= 4 is 40.0 Å². The number of nitrogens with zero attached hydrogens (tertiary/aromatic N) is 2. The Balaban J connectivity index is 2.13. The van der Waals surface area contributed by atoms with Gasteiger partial charge in [-0.15, -0.1) is 0 Å². The van der Waals surface area contributed by atoms with Crippen LogP contribution in [-0.4, -0.2) is 21.0 Å². The van der Waals surface area contributed by atoms with Gasteiger partial charge >= 0.3 is 5.97 Å². The summed E-state index contributed by atoms with van der Waals surface area (Å²) in [7, 11) is 0. The molecule has 0 radical (unpaired) electrons. The van der Waals surface area contributed by atoms with E-state index in [1.54, 1.807) is 6.07 Å².